The number of aliphatic imine (C=N–C) groups is 1. The first-order valence-corrected chi connectivity index (χ1v) is 7.61. The predicted molar refractivity (Wildman–Crippen MR) is 94.2 cm³/mol. The van der Waals surface area contributed by atoms with Crippen LogP contribution >= 0.6 is 35.3 Å². The summed E-state index contributed by atoms with van der Waals surface area (Å²) in [5.41, 5.74) is 7.09. The molecule has 2 rings (SSSR count). The van der Waals surface area contributed by atoms with Gasteiger partial charge in [-0.05, 0) is 0 Å². The first-order valence-electron chi connectivity index (χ1n) is 6.73. The molecular formula is C13H23IN4OS. The number of morpholine rings is 1. The fraction of sp³-hybridized carbons (Fsp3) is 0.692. The van der Waals surface area contributed by atoms with E-state index in [2.05, 4.69) is 34.1 Å². The highest BCUT2D eigenvalue weighted by atomic mass is 127. The lowest BCUT2D eigenvalue weighted by Crippen LogP contribution is -2.44. The van der Waals surface area contributed by atoms with Gasteiger partial charge in [-0.15, -0.1) is 35.3 Å². The molecule has 0 unspecified atom stereocenters. The van der Waals surface area contributed by atoms with Crippen LogP contribution in [-0.2, 0) is 11.2 Å². The van der Waals surface area contributed by atoms with Gasteiger partial charge in [0.15, 0.2) is 5.96 Å². The van der Waals surface area contributed by atoms with Crippen molar-refractivity contribution in [2.45, 2.75) is 26.2 Å². The molecule has 0 aromatic carbocycles. The molecular weight excluding hydrogens is 387 g/mol. The molecule has 20 heavy (non-hydrogen) atoms. The van der Waals surface area contributed by atoms with Crippen molar-refractivity contribution in [3.63, 3.8) is 0 Å². The van der Waals surface area contributed by atoms with E-state index >= 15 is 0 Å². The summed E-state index contributed by atoms with van der Waals surface area (Å²) in [6.45, 7) is 8.17. The molecule has 1 aliphatic heterocycles. The summed E-state index contributed by atoms with van der Waals surface area (Å²) in [7, 11) is 0. The van der Waals surface area contributed by atoms with E-state index in [1.807, 2.05) is 0 Å². The van der Waals surface area contributed by atoms with Gasteiger partial charge in [0.05, 0.1) is 23.9 Å². The Morgan fingerprint density at radius 2 is 2.20 bits per heavy atom. The van der Waals surface area contributed by atoms with E-state index in [-0.39, 0.29) is 24.0 Å². The van der Waals surface area contributed by atoms with Crippen molar-refractivity contribution in [3.8, 4) is 0 Å². The molecule has 1 aliphatic rings. The van der Waals surface area contributed by atoms with Gasteiger partial charge >= 0.3 is 0 Å². The normalized spacial score (nSPS) is 16.4. The highest BCUT2D eigenvalue weighted by Crippen LogP contribution is 2.19. The van der Waals surface area contributed by atoms with Crippen LogP contribution in [0.2, 0.25) is 0 Å². The maximum absolute atomic E-state index is 5.97. The minimum absolute atomic E-state index is 0. The van der Waals surface area contributed by atoms with Gasteiger partial charge in [0.1, 0.15) is 0 Å². The molecule has 7 heteroatoms. The minimum atomic E-state index is 0. The summed E-state index contributed by atoms with van der Waals surface area (Å²) < 4.78 is 5.29. The molecule has 2 heterocycles. The molecule has 5 nitrogen and oxygen atoms in total. The first kappa shape index (κ1) is 17.6. The van der Waals surface area contributed by atoms with E-state index in [9.17, 15) is 0 Å². The molecule has 1 saturated heterocycles. The molecule has 114 valence electrons. The second-order valence-electron chi connectivity index (χ2n) is 4.92. The monoisotopic (exact) mass is 410 g/mol. The maximum Gasteiger partial charge on any atom is 0.191 e. The lowest BCUT2D eigenvalue weighted by atomic mass is 10.2. The van der Waals surface area contributed by atoms with Crippen LogP contribution in [0.3, 0.4) is 0 Å². The van der Waals surface area contributed by atoms with Gasteiger partial charge < -0.3 is 15.4 Å². The fourth-order valence-electron chi connectivity index (χ4n) is 1.88. The quantitative estimate of drug-likeness (QED) is 0.469. The lowest BCUT2D eigenvalue weighted by Gasteiger charge is -2.27. The average Bonchev–Trinajstić information content (AvgIpc) is 2.89. The van der Waals surface area contributed by atoms with Gasteiger partial charge in [-0.3, -0.25) is 4.99 Å². The van der Waals surface area contributed by atoms with Crippen molar-refractivity contribution in [2.24, 2.45) is 10.7 Å². The number of guanidine groups is 1. The van der Waals surface area contributed by atoms with Crippen LogP contribution in [0.15, 0.2) is 10.4 Å². The third-order valence-corrected chi connectivity index (χ3v) is 4.23. The Morgan fingerprint density at radius 1 is 1.50 bits per heavy atom. The van der Waals surface area contributed by atoms with Crippen LogP contribution in [0.4, 0.5) is 0 Å². The standard InChI is InChI=1S/C13H22N4OS.HI/c1-10(2)12-16-11(9-19-12)3-4-15-13(14)17-5-7-18-8-6-17;/h9-10H,3-8H2,1-2H3,(H2,14,15);1H. The Labute approximate surface area is 141 Å². The van der Waals surface area contributed by atoms with Crippen LogP contribution < -0.4 is 5.73 Å². The Morgan fingerprint density at radius 3 is 2.80 bits per heavy atom. The molecule has 1 fully saturated rings. The average molecular weight is 410 g/mol. The molecule has 0 spiro atoms. The van der Waals surface area contributed by atoms with Crippen molar-refractivity contribution in [2.75, 3.05) is 32.8 Å². The van der Waals surface area contributed by atoms with Crippen LogP contribution in [0, 0.1) is 0 Å². The highest BCUT2D eigenvalue weighted by Gasteiger charge is 2.12. The van der Waals surface area contributed by atoms with Crippen molar-refractivity contribution in [1.82, 2.24) is 9.88 Å². The maximum atomic E-state index is 5.97. The van der Waals surface area contributed by atoms with Crippen molar-refractivity contribution in [1.29, 1.82) is 0 Å². The number of thiazole rings is 1. The van der Waals surface area contributed by atoms with Gasteiger partial charge in [0.25, 0.3) is 0 Å². The number of halogens is 1. The van der Waals surface area contributed by atoms with Crippen LogP contribution in [-0.4, -0.2) is 48.7 Å². The number of hydrogen-bond donors (Lipinski definition) is 1. The SMILES string of the molecule is CC(C)c1nc(CCN=C(N)N2CCOCC2)cs1.I. The topological polar surface area (TPSA) is 63.7 Å². The summed E-state index contributed by atoms with van der Waals surface area (Å²) >= 11 is 1.73. The Balaban J connectivity index is 0.00000200. The highest BCUT2D eigenvalue weighted by molar-refractivity contribution is 14.0. The first-order chi connectivity index (χ1) is 9.16. The number of ether oxygens (including phenoxy) is 1. The largest absolute Gasteiger partial charge is 0.378 e. The molecule has 1 aromatic rings. The summed E-state index contributed by atoms with van der Waals surface area (Å²) in [6.07, 6.45) is 0.855. The van der Waals surface area contributed by atoms with Crippen molar-refractivity contribution >= 4 is 41.3 Å². The number of hydrogen-bond acceptors (Lipinski definition) is 4. The van der Waals surface area contributed by atoms with E-state index < -0.39 is 0 Å². The predicted octanol–water partition coefficient (Wildman–Crippen LogP) is 2.07. The zero-order chi connectivity index (χ0) is 13.7. The third-order valence-electron chi connectivity index (χ3n) is 3.04. The second-order valence-corrected chi connectivity index (χ2v) is 5.81. The summed E-state index contributed by atoms with van der Waals surface area (Å²) in [5, 5.41) is 3.32. The molecule has 0 aliphatic carbocycles. The summed E-state index contributed by atoms with van der Waals surface area (Å²) in [6, 6.07) is 0. The summed E-state index contributed by atoms with van der Waals surface area (Å²) in [4.78, 5) is 11.1. The van der Waals surface area contributed by atoms with Crippen LogP contribution in [0.25, 0.3) is 0 Å². The Hall–Kier alpha value is -0.410. The number of rotatable bonds is 4. The van der Waals surface area contributed by atoms with Crippen molar-refractivity contribution in [3.05, 3.63) is 16.1 Å². The second kappa shape index (κ2) is 8.78. The molecule has 0 atom stereocenters. The minimum Gasteiger partial charge on any atom is -0.378 e. The number of nitrogens with zero attached hydrogens (tertiary/aromatic N) is 3. The molecule has 0 saturated carbocycles. The molecule has 0 bridgehead atoms. The van der Waals surface area contributed by atoms with Gasteiger partial charge in [-0.25, -0.2) is 4.98 Å². The van der Waals surface area contributed by atoms with Crippen molar-refractivity contribution < 1.29 is 4.74 Å². The Kier molecular flexibility index (Phi) is 7.75. The fourth-order valence-corrected chi connectivity index (χ4v) is 2.75. The van der Waals surface area contributed by atoms with E-state index in [0.29, 0.717) is 18.4 Å². The van der Waals surface area contributed by atoms with Crippen LogP contribution in [0.5, 0.6) is 0 Å². The zero-order valence-electron chi connectivity index (χ0n) is 12.0. The third kappa shape index (κ3) is 5.17. The summed E-state index contributed by atoms with van der Waals surface area (Å²) in [5.74, 6) is 1.13. The van der Waals surface area contributed by atoms with Gasteiger partial charge in [-0.2, -0.15) is 0 Å². The molecule has 0 amide bonds. The smallest absolute Gasteiger partial charge is 0.191 e. The lowest BCUT2D eigenvalue weighted by molar-refractivity contribution is 0.0674. The van der Waals surface area contributed by atoms with E-state index in [1.165, 1.54) is 5.01 Å². The van der Waals surface area contributed by atoms with E-state index in [0.717, 1.165) is 38.4 Å². The Bertz CT molecular complexity index is 430. The van der Waals surface area contributed by atoms with Gasteiger partial charge in [-0.1, -0.05) is 13.8 Å². The van der Waals surface area contributed by atoms with E-state index in [1.54, 1.807) is 11.3 Å². The van der Waals surface area contributed by atoms with Crippen LogP contribution in [0.1, 0.15) is 30.5 Å². The molecule has 0 radical (unpaired) electrons. The molecule has 1 aromatic heterocycles. The van der Waals surface area contributed by atoms with E-state index in [4.69, 9.17) is 10.5 Å². The van der Waals surface area contributed by atoms with Gasteiger partial charge in [0.2, 0.25) is 0 Å². The van der Waals surface area contributed by atoms with Gasteiger partial charge in [0, 0.05) is 37.4 Å². The molecule has 2 N–H and O–H groups in total. The number of nitrogens with two attached hydrogens (primary N) is 1. The number of aromatic nitrogens is 1. The zero-order valence-corrected chi connectivity index (χ0v) is 15.2.